The van der Waals surface area contributed by atoms with Gasteiger partial charge >= 0.3 is 6.09 Å². The van der Waals surface area contributed by atoms with Crippen LogP contribution in [0.1, 0.15) is 18.4 Å². The number of amides is 2. The van der Waals surface area contributed by atoms with E-state index in [1.807, 2.05) is 24.3 Å². The molecule has 25 heavy (non-hydrogen) atoms. The molecular formula is C18H21N3O4. The predicted molar refractivity (Wildman–Crippen MR) is 92.8 cm³/mol. The van der Waals surface area contributed by atoms with Crippen molar-refractivity contribution in [3.05, 3.63) is 36.0 Å². The van der Waals surface area contributed by atoms with Crippen molar-refractivity contribution < 1.29 is 19.4 Å². The molecule has 1 saturated heterocycles. The van der Waals surface area contributed by atoms with Crippen molar-refractivity contribution in [1.82, 2.24) is 15.2 Å². The highest BCUT2D eigenvalue weighted by atomic mass is 16.5. The number of nitrogens with zero attached hydrogens (tertiary/aromatic N) is 2. The van der Waals surface area contributed by atoms with Gasteiger partial charge in [0.15, 0.2) is 0 Å². The number of hydrogen-bond donors (Lipinski definition) is 2. The first kappa shape index (κ1) is 17.0. The van der Waals surface area contributed by atoms with Gasteiger partial charge in [-0.3, -0.25) is 9.78 Å². The minimum Gasteiger partial charge on any atom is -0.497 e. The normalized spacial score (nSPS) is 15.2. The van der Waals surface area contributed by atoms with Gasteiger partial charge < -0.3 is 20.1 Å². The standard InChI is InChI=1S/C18H21N3O4/c1-25-14-2-3-16-15(11-14)12(4-7-19-16)10-17(22)21-8-5-13(6-9-21)20-18(23)24/h2-4,7,11,13,20H,5-6,8-10H2,1H3,(H,23,24). The Labute approximate surface area is 145 Å². The summed E-state index contributed by atoms with van der Waals surface area (Å²) in [7, 11) is 1.61. The van der Waals surface area contributed by atoms with Gasteiger partial charge in [-0.2, -0.15) is 0 Å². The number of carbonyl (C=O) groups excluding carboxylic acids is 1. The fourth-order valence-corrected chi connectivity index (χ4v) is 3.19. The highest BCUT2D eigenvalue weighted by molar-refractivity contribution is 5.89. The quantitative estimate of drug-likeness (QED) is 0.886. The Hall–Kier alpha value is -2.83. The van der Waals surface area contributed by atoms with Gasteiger partial charge in [0.1, 0.15) is 5.75 Å². The Balaban J connectivity index is 1.69. The third-order valence-corrected chi connectivity index (χ3v) is 4.56. The molecule has 3 rings (SSSR count). The van der Waals surface area contributed by atoms with Crippen LogP contribution in [-0.4, -0.2) is 53.2 Å². The highest BCUT2D eigenvalue weighted by Crippen LogP contribution is 2.23. The average Bonchev–Trinajstić information content (AvgIpc) is 2.61. The summed E-state index contributed by atoms with van der Waals surface area (Å²) in [6, 6.07) is 7.41. The second-order valence-corrected chi connectivity index (χ2v) is 6.13. The third kappa shape index (κ3) is 3.99. The van der Waals surface area contributed by atoms with Gasteiger partial charge in [-0.25, -0.2) is 4.79 Å². The smallest absolute Gasteiger partial charge is 0.404 e. The number of carbonyl (C=O) groups is 2. The Morgan fingerprint density at radius 2 is 2.08 bits per heavy atom. The molecule has 0 radical (unpaired) electrons. The van der Waals surface area contributed by atoms with E-state index < -0.39 is 6.09 Å². The first-order valence-corrected chi connectivity index (χ1v) is 8.25. The zero-order valence-electron chi connectivity index (χ0n) is 14.1. The molecule has 0 unspecified atom stereocenters. The molecule has 132 valence electrons. The molecule has 0 spiro atoms. The highest BCUT2D eigenvalue weighted by Gasteiger charge is 2.24. The van der Waals surface area contributed by atoms with Crippen LogP contribution in [0.4, 0.5) is 4.79 Å². The molecule has 7 heteroatoms. The number of rotatable bonds is 4. The van der Waals surface area contributed by atoms with Crippen molar-refractivity contribution in [3.63, 3.8) is 0 Å². The lowest BCUT2D eigenvalue weighted by atomic mass is 10.0. The first-order valence-electron chi connectivity index (χ1n) is 8.25. The van der Waals surface area contributed by atoms with Gasteiger partial charge in [-0.15, -0.1) is 0 Å². The lowest BCUT2D eigenvalue weighted by Gasteiger charge is -2.32. The van der Waals surface area contributed by atoms with Crippen LogP contribution in [0.5, 0.6) is 5.75 Å². The van der Waals surface area contributed by atoms with E-state index in [2.05, 4.69) is 10.3 Å². The molecule has 0 aliphatic carbocycles. The van der Waals surface area contributed by atoms with Crippen molar-refractivity contribution in [2.45, 2.75) is 25.3 Å². The molecule has 1 aromatic carbocycles. The third-order valence-electron chi connectivity index (χ3n) is 4.56. The second-order valence-electron chi connectivity index (χ2n) is 6.13. The van der Waals surface area contributed by atoms with Gasteiger partial charge in [0.25, 0.3) is 0 Å². The van der Waals surface area contributed by atoms with E-state index in [1.165, 1.54) is 0 Å². The van der Waals surface area contributed by atoms with Crippen LogP contribution in [0.15, 0.2) is 30.5 Å². The fourth-order valence-electron chi connectivity index (χ4n) is 3.19. The summed E-state index contributed by atoms with van der Waals surface area (Å²) < 4.78 is 5.26. The molecule has 0 saturated carbocycles. The number of likely N-dealkylation sites (tertiary alicyclic amines) is 1. The van der Waals surface area contributed by atoms with E-state index in [0.29, 0.717) is 32.4 Å². The SMILES string of the molecule is COc1ccc2nccc(CC(=O)N3CCC(NC(=O)O)CC3)c2c1. The number of carboxylic acid groups (broad SMARTS) is 1. The van der Waals surface area contributed by atoms with Gasteiger partial charge in [0.05, 0.1) is 19.0 Å². The maximum Gasteiger partial charge on any atom is 0.404 e. The zero-order chi connectivity index (χ0) is 17.8. The van der Waals surface area contributed by atoms with Crippen LogP contribution >= 0.6 is 0 Å². The summed E-state index contributed by atoms with van der Waals surface area (Å²) >= 11 is 0. The minimum atomic E-state index is -1.01. The maximum atomic E-state index is 12.6. The number of ether oxygens (including phenoxy) is 1. The molecule has 0 bridgehead atoms. The van der Waals surface area contributed by atoms with Crippen LogP contribution in [0.25, 0.3) is 10.9 Å². The summed E-state index contributed by atoms with van der Waals surface area (Å²) in [4.78, 5) is 29.5. The van der Waals surface area contributed by atoms with Crippen molar-refractivity contribution in [3.8, 4) is 5.75 Å². The van der Waals surface area contributed by atoms with Crippen LogP contribution < -0.4 is 10.1 Å². The molecule has 2 N–H and O–H groups in total. The van der Waals surface area contributed by atoms with Crippen molar-refractivity contribution in [1.29, 1.82) is 0 Å². The Morgan fingerprint density at radius 1 is 1.32 bits per heavy atom. The van der Waals surface area contributed by atoms with Gasteiger partial charge in [0.2, 0.25) is 5.91 Å². The summed E-state index contributed by atoms with van der Waals surface area (Å²) in [6.07, 6.45) is 2.28. The molecule has 2 aromatic rings. The number of hydrogen-bond acceptors (Lipinski definition) is 4. The lowest BCUT2D eigenvalue weighted by Crippen LogP contribution is -2.46. The Bertz CT molecular complexity index is 785. The molecule has 7 nitrogen and oxygen atoms in total. The van der Waals surface area contributed by atoms with Crippen molar-refractivity contribution in [2.24, 2.45) is 0 Å². The minimum absolute atomic E-state index is 0.0455. The van der Waals surface area contributed by atoms with Crippen LogP contribution in [0.2, 0.25) is 0 Å². The van der Waals surface area contributed by atoms with Crippen LogP contribution in [0.3, 0.4) is 0 Å². The van der Waals surface area contributed by atoms with E-state index >= 15 is 0 Å². The molecule has 1 aromatic heterocycles. The lowest BCUT2D eigenvalue weighted by molar-refractivity contribution is -0.131. The van der Waals surface area contributed by atoms with E-state index in [0.717, 1.165) is 22.2 Å². The molecule has 1 fully saturated rings. The van der Waals surface area contributed by atoms with Gasteiger partial charge in [0, 0.05) is 30.7 Å². The number of benzene rings is 1. The predicted octanol–water partition coefficient (Wildman–Crippen LogP) is 2.04. The van der Waals surface area contributed by atoms with E-state index in [9.17, 15) is 9.59 Å². The van der Waals surface area contributed by atoms with Crippen LogP contribution in [0, 0.1) is 0 Å². The second kappa shape index (κ2) is 7.38. The summed E-state index contributed by atoms with van der Waals surface area (Å²) in [5.74, 6) is 0.777. The number of aromatic nitrogens is 1. The number of pyridine rings is 1. The van der Waals surface area contributed by atoms with E-state index in [-0.39, 0.29) is 11.9 Å². The number of nitrogens with one attached hydrogen (secondary N) is 1. The Kier molecular flexibility index (Phi) is 5.02. The number of piperidine rings is 1. The summed E-state index contributed by atoms with van der Waals surface area (Å²) in [5, 5.41) is 12.2. The van der Waals surface area contributed by atoms with Crippen molar-refractivity contribution in [2.75, 3.05) is 20.2 Å². The first-order chi connectivity index (χ1) is 12.1. The number of fused-ring (bicyclic) bond motifs is 1. The number of methoxy groups -OCH3 is 1. The maximum absolute atomic E-state index is 12.6. The average molecular weight is 343 g/mol. The largest absolute Gasteiger partial charge is 0.497 e. The molecule has 2 heterocycles. The summed E-state index contributed by atoms with van der Waals surface area (Å²) in [6.45, 7) is 1.13. The summed E-state index contributed by atoms with van der Waals surface area (Å²) in [5.41, 5.74) is 1.75. The monoisotopic (exact) mass is 343 g/mol. The Morgan fingerprint density at radius 3 is 2.76 bits per heavy atom. The molecule has 0 atom stereocenters. The molecule has 1 aliphatic rings. The fraction of sp³-hybridized carbons (Fsp3) is 0.389. The molecule has 2 amide bonds. The van der Waals surface area contributed by atoms with E-state index in [4.69, 9.17) is 9.84 Å². The van der Waals surface area contributed by atoms with Gasteiger partial charge in [-0.05, 0) is 42.7 Å². The zero-order valence-corrected chi connectivity index (χ0v) is 14.1. The topological polar surface area (TPSA) is 91.8 Å². The molecular weight excluding hydrogens is 322 g/mol. The van der Waals surface area contributed by atoms with Crippen LogP contribution in [-0.2, 0) is 11.2 Å². The van der Waals surface area contributed by atoms with E-state index in [1.54, 1.807) is 18.2 Å². The van der Waals surface area contributed by atoms with Crippen molar-refractivity contribution >= 4 is 22.9 Å². The molecule has 1 aliphatic heterocycles. The van der Waals surface area contributed by atoms with Gasteiger partial charge in [-0.1, -0.05) is 0 Å².